The summed E-state index contributed by atoms with van der Waals surface area (Å²) in [5, 5.41) is 0. The van der Waals surface area contributed by atoms with E-state index in [1.807, 2.05) is 0 Å². The van der Waals surface area contributed by atoms with Gasteiger partial charge in [-0.1, -0.05) is 37.5 Å². The van der Waals surface area contributed by atoms with Gasteiger partial charge in [-0.25, -0.2) is 0 Å². The third-order valence-corrected chi connectivity index (χ3v) is 4.90. The molecule has 1 saturated carbocycles. The molecule has 1 aromatic rings. The second-order valence-corrected chi connectivity index (χ2v) is 6.20. The van der Waals surface area contributed by atoms with E-state index in [0.29, 0.717) is 0 Å². The molecule has 2 nitrogen and oxygen atoms in total. The Hall–Kier alpha value is -0.860. The van der Waals surface area contributed by atoms with E-state index in [2.05, 4.69) is 30.1 Å². The Morgan fingerprint density at radius 3 is 2.56 bits per heavy atom. The van der Waals surface area contributed by atoms with E-state index in [-0.39, 0.29) is 5.41 Å². The van der Waals surface area contributed by atoms with Crippen molar-refractivity contribution in [3.05, 3.63) is 34.9 Å². The topological polar surface area (TPSA) is 29.3 Å². The van der Waals surface area contributed by atoms with Gasteiger partial charge in [0.2, 0.25) is 0 Å². The Morgan fingerprint density at radius 1 is 1.11 bits per heavy atom. The third kappa shape index (κ3) is 1.98. The molecule has 0 unspecified atom stereocenters. The number of fused-ring (bicyclic) bond motifs is 1. The lowest BCUT2D eigenvalue weighted by atomic mass is 9.69. The van der Waals surface area contributed by atoms with Crippen LogP contribution < -0.4 is 5.73 Å². The lowest BCUT2D eigenvalue weighted by Gasteiger charge is -2.37. The van der Waals surface area contributed by atoms with Gasteiger partial charge in [-0.15, -0.1) is 0 Å². The van der Waals surface area contributed by atoms with Crippen LogP contribution in [0.2, 0.25) is 0 Å². The summed E-state index contributed by atoms with van der Waals surface area (Å²) in [5.74, 6) is 0. The van der Waals surface area contributed by atoms with Crippen molar-refractivity contribution in [2.24, 2.45) is 5.73 Å². The highest BCUT2D eigenvalue weighted by molar-refractivity contribution is 5.38. The van der Waals surface area contributed by atoms with Crippen LogP contribution in [0.5, 0.6) is 0 Å². The number of hydrogen-bond acceptors (Lipinski definition) is 2. The van der Waals surface area contributed by atoms with Crippen molar-refractivity contribution in [3.63, 3.8) is 0 Å². The molecule has 0 atom stereocenters. The summed E-state index contributed by atoms with van der Waals surface area (Å²) in [6.07, 6.45) is 6.62. The predicted molar refractivity (Wildman–Crippen MR) is 75.4 cm³/mol. The van der Waals surface area contributed by atoms with E-state index < -0.39 is 0 Å². The van der Waals surface area contributed by atoms with Crippen molar-refractivity contribution < 1.29 is 0 Å². The molecule has 3 rings (SSSR count). The Labute approximate surface area is 110 Å². The minimum Gasteiger partial charge on any atom is -0.330 e. The van der Waals surface area contributed by atoms with Crippen LogP contribution in [0.15, 0.2) is 18.2 Å². The Bertz CT molecular complexity index is 433. The smallest absolute Gasteiger partial charge is 0.0237 e. The Balaban J connectivity index is 1.94. The number of benzene rings is 1. The largest absolute Gasteiger partial charge is 0.330 e. The maximum absolute atomic E-state index is 6.13. The normalized spacial score (nSPS) is 23.0. The van der Waals surface area contributed by atoms with E-state index in [1.165, 1.54) is 48.8 Å². The van der Waals surface area contributed by atoms with Crippen LogP contribution in [0.1, 0.15) is 48.8 Å². The van der Waals surface area contributed by atoms with Gasteiger partial charge in [-0.2, -0.15) is 0 Å². The summed E-state index contributed by atoms with van der Waals surface area (Å²) >= 11 is 0. The van der Waals surface area contributed by atoms with Crippen LogP contribution in [0.3, 0.4) is 0 Å². The van der Waals surface area contributed by atoms with Gasteiger partial charge in [-0.05, 0) is 36.6 Å². The molecule has 0 radical (unpaired) electrons. The SMILES string of the molecule is CN1Cc2ccc(C3(CN)CCCCC3)cc2C1. The fourth-order valence-corrected chi connectivity index (χ4v) is 3.73. The summed E-state index contributed by atoms with van der Waals surface area (Å²) in [6.45, 7) is 3.01. The number of hydrogen-bond donors (Lipinski definition) is 1. The molecule has 2 heteroatoms. The van der Waals surface area contributed by atoms with Gasteiger partial charge in [0, 0.05) is 25.0 Å². The quantitative estimate of drug-likeness (QED) is 0.867. The number of nitrogens with two attached hydrogens (primary N) is 1. The molecule has 0 spiro atoms. The highest BCUT2D eigenvalue weighted by Crippen LogP contribution is 2.39. The molecule has 0 aromatic heterocycles. The average Bonchev–Trinajstić information content (AvgIpc) is 2.78. The summed E-state index contributed by atoms with van der Waals surface area (Å²) in [6, 6.07) is 7.12. The Morgan fingerprint density at radius 2 is 1.83 bits per heavy atom. The first-order valence-corrected chi connectivity index (χ1v) is 7.24. The van der Waals surface area contributed by atoms with Crippen molar-refractivity contribution in [2.45, 2.75) is 50.6 Å². The number of rotatable bonds is 2. The van der Waals surface area contributed by atoms with Gasteiger partial charge in [0.1, 0.15) is 0 Å². The molecule has 2 aliphatic rings. The van der Waals surface area contributed by atoms with Gasteiger partial charge >= 0.3 is 0 Å². The first kappa shape index (κ1) is 12.2. The maximum Gasteiger partial charge on any atom is 0.0237 e. The molecule has 1 fully saturated rings. The van der Waals surface area contributed by atoms with E-state index in [9.17, 15) is 0 Å². The van der Waals surface area contributed by atoms with Gasteiger partial charge < -0.3 is 5.73 Å². The molecular formula is C16H24N2. The van der Waals surface area contributed by atoms with Crippen LogP contribution >= 0.6 is 0 Å². The van der Waals surface area contributed by atoms with Gasteiger partial charge in [0.15, 0.2) is 0 Å². The maximum atomic E-state index is 6.13. The van der Waals surface area contributed by atoms with E-state index >= 15 is 0 Å². The van der Waals surface area contributed by atoms with Crippen LogP contribution in [-0.2, 0) is 18.5 Å². The molecule has 1 heterocycles. The second-order valence-electron chi connectivity index (χ2n) is 6.20. The molecule has 1 aromatic carbocycles. The van der Waals surface area contributed by atoms with Crippen LogP contribution in [-0.4, -0.2) is 18.5 Å². The summed E-state index contributed by atoms with van der Waals surface area (Å²) in [4.78, 5) is 2.38. The fourth-order valence-electron chi connectivity index (χ4n) is 3.73. The third-order valence-electron chi connectivity index (χ3n) is 4.90. The highest BCUT2D eigenvalue weighted by atomic mass is 15.1. The van der Waals surface area contributed by atoms with Gasteiger partial charge in [0.25, 0.3) is 0 Å². The molecule has 1 aliphatic heterocycles. The standard InChI is InChI=1S/C16H24N2/c1-18-10-13-5-6-15(9-14(13)11-18)16(12-17)7-3-2-4-8-16/h5-6,9H,2-4,7-8,10-12,17H2,1H3. The first-order valence-electron chi connectivity index (χ1n) is 7.24. The van der Waals surface area contributed by atoms with Crippen LogP contribution in [0.4, 0.5) is 0 Å². The molecule has 1 aliphatic carbocycles. The zero-order chi connectivity index (χ0) is 12.6. The summed E-state index contributed by atoms with van der Waals surface area (Å²) in [5.41, 5.74) is 10.9. The number of nitrogens with zero attached hydrogens (tertiary/aromatic N) is 1. The van der Waals surface area contributed by atoms with Gasteiger partial charge in [0.05, 0.1) is 0 Å². The van der Waals surface area contributed by atoms with E-state index in [4.69, 9.17) is 5.73 Å². The average molecular weight is 244 g/mol. The zero-order valence-corrected chi connectivity index (χ0v) is 11.4. The lowest BCUT2D eigenvalue weighted by Crippen LogP contribution is -2.37. The molecule has 0 amide bonds. The van der Waals surface area contributed by atoms with E-state index in [0.717, 1.165) is 19.6 Å². The fraction of sp³-hybridized carbons (Fsp3) is 0.625. The van der Waals surface area contributed by atoms with Crippen LogP contribution in [0, 0.1) is 0 Å². The van der Waals surface area contributed by atoms with Crippen LogP contribution in [0.25, 0.3) is 0 Å². The van der Waals surface area contributed by atoms with Crippen molar-refractivity contribution in [3.8, 4) is 0 Å². The zero-order valence-electron chi connectivity index (χ0n) is 11.4. The molecule has 98 valence electrons. The van der Waals surface area contributed by atoms with Gasteiger partial charge in [-0.3, -0.25) is 4.90 Å². The first-order chi connectivity index (χ1) is 8.73. The molecule has 0 saturated heterocycles. The van der Waals surface area contributed by atoms with E-state index in [1.54, 1.807) is 0 Å². The lowest BCUT2D eigenvalue weighted by molar-refractivity contribution is 0.300. The Kier molecular flexibility index (Phi) is 3.16. The predicted octanol–water partition coefficient (Wildman–Crippen LogP) is 2.79. The monoisotopic (exact) mass is 244 g/mol. The summed E-state index contributed by atoms with van der Waals surface area (Å²) < 4.78 is 0. The molecule has 18 heavy (non-hydrogen) atoms. The van der Waals surface area contributed by atoms with Crippen molar-refractivity contribution in [1.29, 1.82) is 0 Å². The second kappa shape index (κ2) is 4.67. The minimum atomic E-state index is 0.272. The molecule has 0 bridgehead atoms. The molecule has 2 N–H and O–H groups in total. The minimum absolute atomic E-state index is 0.272. The highest BCUT2D eigenvalue weighted by Gasteiger charge is 2.33. The molecular weight excluding hydrogens is 220 g/mol. The summed E-state index contributed by atoms with van der Waals surface area (Å²) in [7, 11) is 2.19. The van der Waals surface area contributed by atoms with Crippen molar-refractivity contribution in [2.75, 3.05) is 13.6 Å². The van der Waals surface area contributed by atoms with Crippen molar-refractivity contribution >= 4 is 0 Å². The van der Waals surface area contributed by atoms with Crippen molar-refractivity contribution in [1.82, 2.24) is 4.90 Å².